The van der Waals surface area contributed by atoms with Gasteiger partial charge >= 0.3 is 0 Å². The summed E-state index contributed by atoms with van der Waals surface area (Å²) in [5.74, 6) is -2.11. The molecule has 0 aliphatic carbocycles. The van der Waals surface area contributed by atoms with Crippen molar-refractivity contribution in [3.63, 3.8) is 0 Å². The van der Waals surface area contributed by atoms with Gasteiger partial charge in [-0.15, -0.1) is 5.10 Å². The molecular formula is C17H16F2N4O. The third kappa shape index (κ3) is 2.40. The Morgan fingerprint density at radius 2 is 2.04 bits per heavy atom. The zero-order valence-corrected chi connectivity index (χ0v) is 13.4. The van der Waals surface area contributed by atoms with E-state index >= 15 is 0 Å². The summed E-state index contributed by atoms with van der Waals surface area (Å²) in [7, 11) is 0. The molecule has 0 amide bonds. The summed E-state index contributed by atoms with van der Waals surface area (Å²) in [5.41, 5.74) is 6.64. The number of fused-ring (bicyclic) bond motifs is 1. The third-order valence-electron chi connectivity index (χ3n) is 3.96. The lowest BCUT2D eigenvalue weighted by atomic mass is 9.78. The SMILES string of the molecule is CC(C)(C)c1[nH]nc2c1[C@H](c1cc(F)ccc1F)C(C#N)=C(N)O2. The molecule has 1 aliphatic rings. The number of nitrogens with one attached hydrogen (secondary N) is 1. The number of nitriles is 1. The van der Waals surface area contributed by atoms with Gasteiger partial charge in [0.1, 0.15) is 23.3 Å². The molecule has 0 saturated carbocycles. The number of H-pyrrole nitrogens is 1. The lowest BCUT2D eigenvalue weighted by Gasteiger charge is -2.27. The minimum absolute atomic E-state index is 0.0194. The normalized spacial score (nSPS) is 17.2. The molecular weight excluding hydrogens is 314 g/mol. The first-order valence-corrected chi connectivity index (χ1v) is 7.35. The molecule has 2 aromatic rings. The van der Waals surface area contributed by atoms with E-state index in [1.165, 1.54) is 0 Å². The lowest BCUT2D eigenvalue weighted by Crippen LogP contribution is -2.24. The maximum atomic E-state index is 14.4. The Balaban J connectivity index is 2.33. The fraction of sp³-hybridized carbons (Fsp3) is 0.294. The molecule has 0 radical (unpaired) electrons. The molecule has 0 unspecified atom stereocenters. The molecule has 1 atom stereocenters. The Morgan fingerprint density at radius 1 is 1.33 bits per heavy atom. The van der Waals surface area contributed by atoms with Crippen LogP contribution in [0.3, 0.4) is 0 Å². The third-order valence-corrected chi connectivity index (χ3v) is 3.96. The number of rotatable bonds is 1. The second kappa shape index (κ2) is 5.34. The van der Waals surface area contributed by atoms with Gasteiger partial charge in [0.05, 0.1) is 11.5 Å². The summed E-state index contributed by atoms with van der Waals surface area (Å²) >= 11 is 0. The van der Waals surface area contributed by atoms with Gasteiger partial charge in [-0.05, 0) is 18.2 Å². The van der Waals surface area contributed by atoms with Crippen molar-refractivity contribution >= 4 is 0 Å². The minimum Gasteiger partial charge on any atom is -0.420 e. The molecule has 3 rings (SSSR count). The average Bonchev–Trinajstić information content (AvgIpc) is 2.91. The van der Waals surface area contributed by atoms with Crippen molar-refractivity contribution < 1.29 is 13.5 Å². The Bertz CT molecular complexity index is 887. The van der Waals surface area contributed by atoms with Crippen LogP contribution in [0, 0.1) is 23.0 Å². The summed E-state index contributed by atoms with van der Waals surface area (Å²) in [5, 5.41) is 16.5. The number of hydrogen-bond donors (Lipinski definition) is 2. The lowest BCUT2D eigenvalue weighted by molar-refractivity contribution is 0.377. The van der Waals surface area contributed by atoms with Crippen LogP contribution in [-0.4, -0.2) is 10.2 Å². The fourth-order valence-corrected chi connectivity index (χ4v) is 2.86. The van der Waals surface area contributed by atoms with Crippen molar-refractivity contribution in [3.8, 4) is 11.9 Å². The summed E-state index contributed by atoms with van der Waals surface area (Å²) in [4.78, 5) is 0. The predicted octanol–water partition coefficient (Wildman–Crippen LogP) is 3.20. The molecule has 124 valence electrons. The zero-order valence-electron chi connectivity index (χ0n) is 13.4. The van der Waals surface area contributed by atoms with Crippen LogP contribution in [0.5, 0.6) is 5.88 Å². The highest BCUT2D eigenvalue weighted by atomic mass is 19.1. The van der Waals surface area contributed by atoms with Gasteiger partial charge < -0.3 is 10.5 Å². The van der Waals surface area contributed by atoms with Gasteiger partial charge in [-0.3, -0.25) is 5.10 Å². The van der Waals surface area contributed by atoms with E-state index in [0.717, 1.165) is 18.2 Å². The zero-order chi connectivity index (χ0) is 17.6. The predicted molar refractivity (Wildman–Crippen MR) is 82.9 cm³/mol. The highest BCUT2D eigenvalue weighted by Crippen LogP contribution is 2.46. The molecule has 1 aromatic carbocycles. The molecule has 0 saturated heterocycles. The number of ether oxygens (including phenoxy) is 1. The largest absolute Gasteiger partial charge is 0.420 e. The highest BCUT2D eigenvalue weighted by Gasteiger charge is 2.39. The second-order valence-electron chi connectivity index (χ2n) is 6.66. The summed E-state index contributed by atoms with van der Waals surface area (Å²) < 4.78 is 33.5. The average molecular weight is 330 g/mol. The van der Waals surface area contributed by atoms with Crippen molar-refractivity contribution in [2.24, 2.45) is 5.73 Å². The Hall–Kier alpha value is -2.88. The van der Waals surface area contributed by atoms with E-state index < -0.39 is 17.6 Å². The number of benzene rings is 1. The number of aromatic nitrogens is 2. The maximum Gasteiger partial charge on any atom is 0.244 e. The molecule has 24 heavy (non-hydrogen) atoms. The second-order valence-corrected chi connectivity index (χ2v) is 6.66. The molecule has 0 fully saturated rings. The van der Waals surface area contributed by atoms with E-state index in [-0.39, 0.29) is 28.3 Å². The standard InChI is InChI=1S/C17H16F2N4O/c1-17(2,3)14-13-12(9-6-8(18)4-5-11(9)19)10(7-20)15(21)24-16(13)23-22-14/h4-6,12H,21H2,1-3H3,(H,22,23)/t12-/m1/s1. The first-order valence-electron chi connectivity index (χ1n) is 7.35. The number of nitrogens with two attached hydrogens (primary N) is 1. The fourth-order valence-electron chi connectivity index (χ4n) is 2.86. The van der Waals surface area contributed by atoms with Crippen molar-refractivity contribution in [1.82, 2.24) is 10.2 Å². The molecule has 2 heterocycles. The summed E-state index contributed by atoms with van der Waals surface area (Å²) in [6.07, 6.45) is 0. The Labute approximate surface area is 137 Å². The van der Waals surface area contributed by atoms with Crippen LogP contribution in [-0.2, 0) is 5.41 Å². The highest BCUT2D eigenvalue weighted by molar-refractivity contribution is 5.56. The number of halogens is 2. The van der Waals surface area contributed by atoms with Gasteiger partial charge in [0, 0.05) is 16.7 Å². The van der Waals surface area contributed by atoms with Gasteiger partial charge in [0.15, 0.2) is 0 Å². The number of hydrogen-bond acceptors (Lipinski definition) is 4. The van der Waals surface area contributed by atoms with Crippen LogP contribution < -0.4 is 10.5 Å². The van der Waals surface area contributed by atoms with Crippen molar-refractivity contribution in [1.29, 1.82) is 5.26 Å². The topological polar surface area (TPSA) is 87.7 Å². The number of allylic oxidation sites excluding steroid dienone is 1. The number of nitrogens with zero attached hydrogens (tertiary/aromatic N) is 2. The molecule has 1 aromatic heterocycles. The van der Waals surface area contributed by atoms with E-state index in [2.05, 4.69) is 10.2 Å². The van der Waals surface area contributed by atoms with Gasteiger partial charge in [0.25, 0.3) is 0 Å². The van der Waals surface area contributed by atoms with E-state index in [4.69, 9.17) is 10.5 Å². The van der Waals surface area contributed by atoms with Crippen LogP contribution in [0.1, 0.15) is 43.5 Å². The van der Waals surface area contributed by atoms with Gasteiger partial charge in [-0.1, -0.05) is 20.8 Å². The monoisotopic (exact) mass is 330 g/mol. The van der Waals surface area contributed by atoms with Crippen molar-refractivity contribution in [2.45, 2.75) is 32.1 Å². The van der Waals surface area contributed by atoms with Gasteiger partial charge in [0.2, 0.25) is 11.8 Å². The van der Waals surface area contributed by atoms with Crippen LogP contribution in [0.15, 0.2) is 29.7 Å². The van der Waals surface area contributed by atoms with E-state index in [1.54, 1.807) is 0 Å². The van der Waals surface area contributed by atoms with Crippen molar-refractivity contribution in [3.05, 3.63) is 58.1 Å². The number of aromatic amines is 1. The van der Waals surface area contributed by atoms with Gasteiger partial charge in [-0.2, -0.15) is 5.26 Å². The Kier molecular flexibility index (Phi) is 3.56. The molecule has 0 spiro atoms. The minimum atomic E-state index is -0.887. The van der Waals surface area contributed by atoms with Crippen LogP contribution >= 0.6 is 0 Å². The first-order chi connectivity index (χ1) is 11.2. The molecule has 7 heteroatoms. The molecule has 1 aliphatic heterocycles. The van der Waals surface area contributed by atoms with E-state index in [1.807, 2.05) is 26.8 Å². The van der Waals surface area contributed by atoms with Crippen LogP contribution in [0.2, 0.25) is 0 Å². The molecule has 3 N–H and O–H groups in total. The van der Waals surface area contributed by atoms with E-state index in [9.17, 15) is 14.0 Å². The van der Waals surface area contributed by atoms with E-state index in [0.29, 0.717) is 11.3 Å². The smallest absolute Gasteiger partial charge is 0.244 e. The summed E-state index contributed by atoms with van der Waals surface area (Å²) in [6.45, 7) is 5.81. The maximum absolute atomic E-state index is 14.4. The quantitative estimate of drug-likeness (QED) is 0.840. The van der Waals surface area contributed by atoms with Crippen molar-refractivity contribution in [2.75, 3.05) is 0 Å². The molecule has 5 nitrogen and oxygen atoms in total. The summed E-state index contributed by atoms with van der Waals surface area (Å²) in [6, 6.07) is 5.08. The molecule has 0 bridgehead atoms. The Morgan fingerprint density at radius 3 is 2.67 bits per heavy atom. The van der Waals surface area contributed by atoms with Crippen LogP contribution in [0.4, 0.5) is 8.78 Å². The first kappa shape index (κ1) is 16.0. The van der Waals surface area contributed by atoms with Crippen LogP contribution in [0.25, 0.3) is 0 Å². The van der Waals surface area contributed by atoms with Gasteiger partial charge in [-0.25, -0.2) is 8.78 Å².